The second-order valence-electron chi connectivity index (χ2n) is 3.46. The summed E-state index contributed by atoms with van der Waals surface area (Å²) in [6, 6.07) is -0.0251. The fourth-order valence-electron chi connectivity index (χ4n) is 1.98. The first kappa shape index (κ1) is 9.45. The molecule has 6 heteroatoms. The third kappa shape index (κ3) is 1.28. The quantitative estimate of drug-likeness (QED) is 0.330. The second-order valence-corrected chi connectivity index (χ2v) is 3.79. The number of hydrogen-bond acceptors (Lipinski definition) is 3. The molecule has 2 aliphatic rings. The highest BCUT2D eigenvalue weighted by atomic mass is 35.5. The van der Waals surface area contributed by atoms with E-state index in [4.69, 9.17) is 11.6 Å². The van der Waals surface area contributed by atoms with Crippen LogP contribution in [0.15, 0.2) is 0 Å². The third-order valence-electron chi connectivity index (χ3n) is 2.67. The van der Waals surface area contributed by atoms with E-state index in [2.05, 4.69) is 0 Å². The van der Waals surface area contributed by atoms with Crippen LogP contribution >= 0.6 is 11.6 Å². The largest absolute Gasteiger partial charge is 0.330 e. The molecule has 5 nitrogen and oxygen atoms in total. The highest BCUT2D eigenvalue weighted by molar-refractivity contribution is 6.65. The fourth-order valence-corrected chi connectivity index (χ4v) is 2.12. The number of nitrogens with zero attached hydrogens (tertiary/aromatic N) is 2. The van der Waals surface area contributed by atoms with Gasteiger partial charge in [-0.1, -0.05) is 0 Å². The number of carbonyl (C=O) groups is 3. The molecule has 2 aliphatic heterocycles. The summed E-state index contributed by atoms with van der Waals surface area (Å²) in [6.07, 6.45) is 1.72. The number of halogens is 1. The van der Waals surface area contributed by atoms with Crippen molar-refractivity contribution >= 4 is 28.8 Å². The molecule has 0 radical (unpaired) electrons. The Morgan fingerprint density at radius 3 is 2.71 bits per heavy atom. The Balaban J connectivity index is 2.23. The number of hydrogen-bond donors (Lipinski definition) is 0. The van der Waals surface area contributed by atoms with E-state index in [1.54, 1.807) is 0 Å². The van der Waals surface area contributed by atoms with Gasteiger partial charge < -0.3 is 4.90 Å². The Labute approximate surface area is 85.6 Å². The summed E-state index contributed by atoms with van der Waals surface area (Å²) in [5, 5.41) is -0.866. The Kier molecular flexibility index (Phi) is 2.19. The van der Waals surface area contributed by atoms with Crippen LogP contribution in [0, 0.1) is 0 Å². The molecule has 3 amide bonds. The van der Waals surface area contributed by atoms with Gasteiger partial charge >= 0.3 is 17.2 Å². The van der Waals surface area contributed by atoms with Crippen molar-refractivity contribution in [3.63, 3.8) is 0 Å². The lowest BCUT2D eigenvalue weighted by Gasteiger charge is -2.33. The van der Waals surface area contributed by atoms with Crippen molar-refractivity contribution in [2.75, 3.05) is 13.1 Å². The van der Waals surface area contributed by atoms with Gasteiger partial charge in [0.05, 0.1) is 12.6 Å². The zero-order chi connectivity index (χ0) is 10.3. The zero-order valence-electron chi connectivity index (χ0n) is 7.40. The maximum atomic E-state index is 11.4. The summed E-state index contributed by atoms with van der Waals surface area (Å²) in [5.74, 6) is -1.41. The van der Waals surface area contributed by atoms with Gasteiger partial charge in [0.2, 0.25) is 0 Å². The molecule has 14 heavy (non-hydrogen) atoms. The van der Waals surface area contributed by atoms with Crippen LogP contribution in [0.4, 0.5) is 4.79 Å². The van der Waals surface area contributed by atoms with Crippen molar-refractivity contribution in [1.82, 2.24) is 9.80 Å². The number of imide groups is 1. The van der Waals surface area contributed by atoms with Gasteiger partial charge in [-0.3, -0.25) is 19.3 Å². The van der Waals surface area contributed by atoms with E-state index in [9.17, 15) is 14.4 Å². The topological polar surface area (TPSA) is 57.7 Å². The number of rotatable bonds is 0. The van der Waals surface area contributed by atoms with Gasteiger partial charge in [-0.15, -0.1) is 0 Å². The van der Waals surface area contributed by atoms with E-state index in [-0.39, 0.29) is 12.6 Å². The van der Waals surface area contributed by atoms with Gasteiger partial charge in [0.25, 0.3) is 0 Å². The molecule has 76 valence electrons. The zero-order valence-corrected chi connectivity index (χ0v) is 8.16. The number of amides is 3. The van der Waals surface area contributed by atoms with Crippen molar-refractivity contribution in [3.8, 4) is 0 Å². The molecule has 2 heterocycles. The first-order valence-corrected chi connectivity index (χ1v) is 4.81. The molecule has 0 aliphatic carbocycles. The molecule has 0 aromatic carbocycles. The first-order chi connectivity index (χ1) is 6.61. The maximum absolute atomic E-state index is 11.4. The number of piperazine rings is 1. The first-order valence-electron chi connectivity index (χ1n) is 4.43. The maximum Gasteiger partial charge on any atom is 0.323 e. The fraction of sp³-hybridized carbons (Fsp3) is 0.625. The van der Waals surface area contributed by atoms with Gasteiger partial charge in [0.1, 0.15) is 0 Å². The molecule has 2 rings (SSSR count). The van der Waals surface area contributed by atoms with Crippen LogP contribution in [0.3, 0.4) is 0 Å². The van der Waals surface area contributed by atoms with Crippen molar-refractivity contribution in [3.05, 3.63) is 0 Å². The summed E-state index contributed by atoms with van der Waals surface area (Å²) in [6.45, 7) is 0.854. The van der Waals surface area contributed by atoms with Crippen LogP contribution in [-0.4, -0.2) is 46.1 Å². The minimum absolute atomic E-state index is 0.0251. The molecule has 0 N–H and O–H groups in total. The molecule has 0 saturated carbocycles. The summed E-state index contributed by atoms with van der Waals surface area (Å²) in [5.41, 5.74) is 0. The van der Waals surface area contributed by atoms with Crippen LogP contribution < -0.4 is 0 Å². The predicted octanol–water partition coefficient (Wildman–Crippen LogP) is 0.178. The molecule has 0 spiro atoms. The van der Waals surface area contributed by atoms with Crippen LogP contribution in [0.5, 0.6) is 0 Å². The van der Waals surface area contributed by atoms with E-state index in [0.717, 1.165) is 17.7 Å². The average Bonchev–Trinajstić information content (AvgIpc) is 2.58. The Bertz CT molecular complexity index is 318. The normalized spacial score (nSPS) is 26.8. The van der Waals surface area contributed by atoms with E-state index in [1.165, 1.54) is 4.90 Å². The molecule has 2 fully saturated rings. The van der Waals surface area contributed by atoms with Gasteiger partial charge in [-0.2, -0.15) is 0 Å². The second kappa shape index (κ2) is 3.24. The lowest BCUT2D eigenvalue weighted by atomic mass is 10.1. The summed E-state index contributed by atoms with van der Waals surface area (Å²) in [4.78, 5) is 36.0. The van der Waals surface area contributed by atoms with Crippen molar-refractivity contribution in [1.29, 1.82) is 0 Å². The van der Waals surface area contributed by atoms with Crippen molar-refractivity contribution < 1.29 is 14.4 Å². The SMILES string of the molecule is O=C(Cl)N1CC2CCCN2C(=O)C1=O. The Morgan fingerprint density at radius 2 is 2.07 bits per heavy atom. The van der Waals surface area contributed by atoms with E-state index >= 15 is 0 Å². The number of carbonyl (C=O) groups excluding carboxylic acids is 3. The molecule has 1 unspecified atom stereocenters. The van der Waals surface area contributed by atoms with Crippen LogP contribution in [0.25, 0.3) is 0 Å². The lowest BCUT2D eigenvalue weighted by Crippen LogP contribution is -2.57. The van der Waals surface area contributed by atoms with Crippen LogP contribution in [0.2, 0.25) is 0 Å². The monoisotopic (exact) mass is 216 g/mol. The predicted molar refractivity (Wildman–Crippen MR) is 47.7 cm³/mol. The standard InChI is InChI=1S/C8H9ClN2O3/c9-8(14)11-4-5-2-1-3-10(5)6(12)7(11)13/h5H,1-4H2. The van der Waals surface area contributed by atoms with Crippen LogP contribution in [0.1, 0.15) is 12.8 Å². The summed E-state index contributed by atoms with van der Waals surface area (Å²) in [7, 11) is 0. The summed E-state index contributed by atoms with van der Waals surface area (Å²) < 4.78 is 0. The Hall–Kier alpha value is -1.10. The van der Waals surface area contributed by atoms with Gasteiger partial charge in [0, 0.05) is 6.54 Å². The summed E-state index contributed by atoms with van der Waals surface area (Å²) >= 11 is 5.20. The minimum atomic E-state index is -0.866. The van der Waals surface area contributed by atoms with Crippen LogP contribution in [-0.2, 0) is 9.59 Å². The molecule has 1 atom stereocenters. The van der Waals surface area contributed by atoms with Gasteiger partial charge in [-0.05, 0) is 24.4 Å². The van der Waals surface area contributed by atoms with E-state index in [0.29, 0.717) is 6.54 Å². The molecule has 0 bridgehead atoms. The smallest absolute Gasteiger partial charge is 0.323 e. The minimum Gasteiger partial charge on any atom is -0.330 e. The molecule has 0 aromatic rings. The Morgan fingerprint density at radius 1 is 1.36 bits per heavy atom. The lowest BCUT2D eigenvalue weighted by molar-refractivity contribution is -0.154. The highest BCUT2D eigenvalue weighted by Gasteiger charge is 2.43. The molecule has 0 aromatic heterocycles. The third-order valence-corrected chi connectivity index (χ3v) is 2.88. The molecular formula is C8H9ClN2O3. The van der Waals surface area contributed by atoms with E-state index < -0.39 is 17.2 Å². The van der Waals surface area contributed by atoms with E-state index in [1.807, 2.05) is 0 Å². The highest BCUT2D eigenvalue weighted by Crippen LogP contribution is 2.23. The van der Waals surface area contributed by atoms with Gasteiger partial charge in [-0.25, -0.2) is 0 Å². The molecular weight excluding hydrogens is 208 g/mol. The average molecular weight is 217 g/mol. The van der Waals surface area contributed by atoms with Gasteiger partial charge in [0.15, 0.2) is 0 Å². The van der Waals surface area contributed by atoms with Crippen molar-refractivity contribution in [2.24, 2.45) is 0 Å². The van der Waals surface area contributed by atoms with Crippen molar-refractivity contribution in [2.45, 2.75) is 18.9 Å². The molecule has 2 saturated heterocycles. The number of fused-ring (bicyclic) bond motifs is 1.